The maximum Gasteiger partial charge on any atom is 0.255 e. The Morgan fingerprint density at radius 2 is 2.10 bits per heavy atom. The van der Waals surface area contributed by atoms with Crippen molar-refractivity contribution in [2.45, 2.75) is 6.92 Å². The van der Waals surface area contributed by atoms with E-state index in [2.05, 4.69) is 21.2 Å². The molecule has 0 spiro atoms. The molecule has 4 nitrogen and oxygen atoms in total. The summed E-state index contributed by atoms with van der Waals surface area (Å²) < 4.78 is 6.35. The molecular weight excluding hydrogens is 332 g/mol. The van der Waals surface area contributed by atoms with Gasteiger partial charge < -0.3 is 15.8 Å². The minimum Gasteiger partial charge on any atom is -0.492 e. The van der Waals surface area contributed by atoms with Crippen molar-refractivity contribution in [2.24, 2.45) is 5.73 Å². The van der Waals surface area contributed by atoms with Gasteiger partial charge in [-0.3, -0.25) is 4.79 Å². The first-order valence-electron chi connectivity index (χ1n) is 6.60. The molecule has 1 amide bonds. The van der Waals surface area contributed by atoms with Crippen molar-refractivity contribution < 1.29 is 9.53 Å². The molecule has 0 aliphatic rings. The minimum absolute atomic E-state index is 0.160. The molecule has 3 N–H and O–H groups in total. The maximum atomic E-state index is 12.2. The summed E-state index contributed by atoms with van der Waals surface area (Å²) in [6.45, 7) is 2.88. The fraction of sp³-hybridized carbons (Fsp3) is 0.188. The van der Waals surface area contributed by atoms with Gasteiger partial charge >= 0.3 is 0 Å². The third-order valence-corrected chi connectivity index (χ3v) is 3.77. The van der Waals surface area contributed by atoms with E-state index in [-0.39, 0.29) is 5.91 Å². The number of benzene rings is 2. The van der Waals surface area contributed by atoms with Gasteiger partial charge in [0.2, 0.25) is 0 Å². The number of halogens is 1. The van der Waals surface area contributed by atoms with E-state index in [1.165, 1.54) is 0 Å². The highest BCUT2D eigenvalue weighted by Crippen LogP contribution is 2.20. The lowest BCUT2D eigenvalue weighted by Gasteiger charge is -2.09. The molecule has 0 aromatic heterocycles. The van der Waals surface area contributed by atoms with Crippen molar-refractivity contribution in [3.05, 3.63) is 58.1 Å². The van der Waals surface area contributed by atoms with Crippen LogP contribution in [-0.4, -0.2) is 19.1 Å². The van der Waals surface area contributed by atoms with Gasteiger partial charge in [-0.15, -0.1) is 0 Å². The molecular formula is C16H17BrN2O2. The van der Waals surface area contributed by atoms with Crippen LogP contribution in [0.15, 0.2) is 46.9 Å². The Hall–Kier alpha value is -1.85. The van der Waals surface area contributed by atoms with Crippen LogP contribution in [0.4, 0.5) is 5.69 Å². The molecule has 0 aliphatic heterocycles. The molecule has 2 aromatic rings. The lowest BCUT2D eigenvalue weighted by Crippen LogP contribution is -2.13. The van der Waals surface area contributed by atoms with Gasteiger partial charge in [-0.2, -0.15) is 0 Å². The van der Waals surface area contributed by atoms with Crippen LogP contribution in [0.1, 0.15) is 15.9 Å². The van der Waals surface area contributed by atoms with Gasteiger partial charge in [-0.25, -0.2) is 0 Å². The van der Waals surface area contributed by atoms with E-state index < -0.39 is 0 Å². The molecule has 0 unspecified atom stereocenters. The molecule has 5 heteroatoms. The molecule has 0 saturated heterocycles. The first-order valence-corrected chi connectivity index (χ1v) is 7.40. The summed E-state index contributed by atoms with van der Waals surface area (Å²) in [5.41, 5.74) is 7.77. The largest absolute Gasteiger partial charge is 0.492 e. The number of hydrogen-bond donors (Lipinski definition) is 2. The van der Waals surface area contributed by atoms with Gasteiger partial charge in [0.1, 0.15) is 12.4 Å². The summed E-state index contributed by atoms with van der Waals surface area (Å²) in [5, 5.41) is 2.85. The Balaban J connectivity index is 2.10. The van der Waals surface area contributed by atoms with Crippen LogP contribution in [0.5, 0.6) is 5.75 Å². The van der Waals surface area contributed by atoms with E-state index in [9.17, 15) is 4.79 Å². The third-order valence-electron chi connectivity index (χ3n) is 2.91. The van der Waals surface area contributed by atoms with Crippen molar-refractivity contribution in [3.8, 4) is 5.75 Å². The number of nitrogens with one attached hydrogen (secondary N) is 1. The fourth-order valence-corrected chi connectivity index (χ4v) is 2.16. The average Bonchev–Trinajstić information content (AvgIpc) is 2.48. The number of amides is 1. The number of rotatable bonds is 5. The minimum atomic E-state index is -0.160. The zero-order chi connectivity index (χ0) is 15.2. The second-order valence-electron chi connectivity index (χ2n) is 4.58. The Bertz CT molecular complexity index is 644. The zero-order valence-corrected chi connectivity index (χ0v) is 13.3. The average molecular weight is 349 g/mol. The predicted octanol–water partition coefficient (Wildman–Crippen LogP) is 3.35. The number of ether oxygens (including phenoxy) is 1. The summed E-state index contributed by atoms with van der Waals surface area (Å²) in [4.78, 5) is 12.2. The summed E-state index contributed by atoms with van der Waals surface area (Å²) in [6.07, 6.45) is 0. The number of carbonyl (C=O) groups is 1. The van der Waals surface area contributed by atoms with Gasteiger partial charge in [0, 0.05) is 28.3 Å². The van der Waals surface area contributed by atoms with Gasteiger partial charge in [0.05, 0.1) is 0 Å². The summed E-state index contributed by atoms with van der Waals surface area (Å²) >= 11 is 3.43. The van der Waals surface area contributed by atoms with E-state index in [1.54, 1.807) is 18.2 Å². The van der Waals surface area contributed by atoms with E-state index in [0.29, 0.717) is 30.2 Å². The van der Waals surface area contributed by atoms with Crippen LogP contribution >= 0.6 is 15.9 Å². The van der Waals surface area contributed by atoms with E-state index in [1.807, 2.05) is 31.2 Å². The second kappa shape index (κ2) is 7.24. The van der Waals surface area contributed by atoms with Crippen LogP contribution in [0, 0.1) is 6.92 Å². The van der Waals surface area contributed by atoms with E-state index >= 15 is 0 Å². The normalized spacial score (nSPS) is 10.2. The van der Waals surface area contributed by atoms with Gasteiger partial charge in [0.25, 0.3) is 5.91 Å². The van der Waals surface area contributed by atoms with Crippen molar-refractivity contribution in [1.29, 1.82) is 0 Å². The molecule has 0 aliphatic carbocycles. The highest BCUT2D eigenvalue weighted by Gasteiger charge is 2.08. The van der Waals surface area contributed by atoms with E-state index in [0.717, 1.165) is 10.0 Å². The zero-order valence-electron chi connectivity index (χ0n) is 11.7. The van der Waals surface area contributed by atoms with Crippen molar-refractivity contribution in [3.63, 3.8) is 0 Å². The van der Waals surface area contributed by atoms with Gasteiger partial charge in [-0.1, -0.05) is 28.1 Å². The van der Waals surface area contributed by atoms with Gasteiger partial charge in [0.15, 0.2) is 0 Å². The third kappa shape index (κ3) is 4.31. The Labute approximate surface area is 132 Å². The molecule has 0 atom stereocenters. The topological polar surface area (TPSA) is 64.3 Å². The van der Waals surface area contributed by atoms with Gasteiger partial charge in [-0.05, 0) is 36.8 Å². The van der Waals surface area contributed by atoms with Crippen molar-refractivity contribution in [2.75, 3.05) is 18.5 Å². The fourth-order valence-electron chi connectivity index (χ4n) is 1.78. The quantitative estimate of drug-likeness (QED) is 0.870. The van der Waals surface area contributed by atoms with Crippen LogP contribution in [0.2, 0.25) is 0 Å². The maximum absolute atomic E-state index is 12.2. The Kier molecular flexibility index (Phi) is 5.36. The smallest absolute Gasteiger partial charge is 0.255 e. The molecule has 0 fully saturated rings. The highest BCUT2D eigenvalue weighted by atomic mass is 79.9. The van der Waals surface area contributed by atoms with Crippen molar-refractivity contribution in [1.82, 2.24) is 0 Å². The number of aryl methyl sites for hydroxylation is 1. The molecule has 0 saturated carbocycles. The number of anilines is 1. The number of hydrogen-bond acceptors (Lipinski definition) is 3. The second-order valence-corrected chi connectivity index (χ2v) is 5.44. The molecule has 110 valence electrons. The molecule has 21 heavy (non-hydrogen) atoms. The first-order chi connectivity index (χ1) is 10.1. The standard InChI is InChI=1S/C16H17BrN2O2/c1-11-5-6-12(9-15(11)17)16(20)19-13-3-2-4-14(10-13)21-8-7-18/h2-6,9-10H,7-8,18H2,1H3,(H,19,20). The van der Waals surface area contributed by atoms with Crippen molar-refractivity contribution >= 4 is 27.5 Å². The lowest BCUT2D eigenvalue weighted by atomic mass is 10.1. The molecule has 0 radical (unpaired) electrons. The SMILES string of the molecule is Cc1ccc(C(=O)Nc2cccc(OCCN)c2)cc1Br. The number of carbonyl (C=O) groups excluding carboxylic acids is 1. The molecule has 0 heterocycles. The van der Waals surface area contributed by atoms with Crippen LogP contribution in [0.25, 0.3) is 0 Å². The molecule has 2 aromatic carbocycles. The first kappa shape index (κ1) is 15.5. The molecule has 2 rings (SSSR count). The Morgan fingerprint density at radius 3 is 2.81 bits per heavy atom. The number of nitrogens with two attached hydrogens (primary N) is 1. The summed E-state index contributed by atoms with van der Waals surface area (Å²) in [6, 6.07) is 12.7. The van der Waals surface area contributed by atoms with E-state index in [4.69, 9.17) is 10.5 Å². The molecule has 0 bridgehead atoms. The summed E-state index contributed by atoms with van der Waals surface area (Å²) in [7, 11) is 0. The monoisotopic (exact) mass is 348 g/mol. The van der Waals surface area contributed by atoms with Crippen LogP contribution < -0.4 is 15.8 Å². The lowest BCUT2D eigenvalue weighted by molar-refractivity contribution is 0.102. The summed E-state index contributed by atoms with van der Waals surface area (Å²) in [5.74, 6) is 0.523. The van der Waals surface area contributed by atoms with Crippen LogP contribution in [-0.2, 0) is 0 Å². The predicted molar refractivity (Wildman–Crippen MR) is 87.8 cm³/mol. The highest BCUT2D eigenvalue weighted by molar-refractivity contribution is 9.10. The Morgan fingerprint density at radius 1 is 1.29 bits per heavy atom. The van der Waals surface area contributed by atoms with Crippen LogP contribution in [0.3, 0.4) is 0 Å².